The molecule has 1 aromatic heterocycles. The number of halogens is 1. The molecule has 0 aliphatic carbocycles. The van der Waals surface area contributed by atoms with Crippen LogP contribution in [0.3, 0.4) is 0 Å². The summed E-state index contributed by atoms with van der Waals surface area (Å²) in [5.41, 5.74) is 2.39. The number of rotatable bonds is 2. The van der Waals surface area contributed by atoms with Crippen LogP contribution in [0.25, 0.3) is 0 Å². The van der Waals surface area contributed by atoms with E-state index >= 15 is 0 Å². The van der Waals surface area contributed by atoms with Crippen molar-refractivity contribution in [1.82, 2.24) is 10.3 Å². The quantitative estimate of drug-likeness (QED) is 0.825. The number of nitrogens with one attached hydrogen (secondary N) is 1. The van der Waals surface area contributed by atoms with E-state index in [1.807, 2.05) is 6.07 Å². The molecule has 86 valence electrons. The van der Waals surface area contributed by atoms with Crippen LogP contribution in [-0.4, -0.2) is 24.0 Å². The molecule has 5 heteroatoms. The van der Waals surface area contributed by atoms with Gasteiger partial charge in [0.25, 0.3) is 0 Å². The lowest BCUT2D eigenvalue weighted by Gasteiger charge is -2.27. The average molecular weight is 224 g/mol. The Morgan fingerprint density at radius 3 is 2.69 bits per heavy atom. The Balaban J connectivity index is 2.38. The second-order valence-corrected chi connectivity index (χ2v) is 4.04. The van der Waals surface area contributed by atoms with Crippen LogP contribution in [0.1, 0.15) is 33.2 Å². The third-order valence-electron chi connectivity index (χ3n) is 2.89. The first-order valence-electron chi connectivity index (χ1n) is 5.15. The maximum Gasteiger partial charge on any atom is 0.381 e. The molecular formula is C11H13FN2O2. The lowest BCUT2D eigenvalue weighted by molar-refractivity contribution is -0.0789. The summed E-state index contributed by atoms with van der Waals surface area (Å²) in [5, 5.41) is 3.16. The van der Waals surface area contributed by atoms with Crippen molar-refractivity contribution < 1.29 is 14.3 Å². The van der Waals surface area contributed by atoms with Crippen molar-refractivity contribution in [2.45, 2.75) is 19.8 Å². The number of carbonyl (C=O) groups excluding carboxylic acids is 1. The van der Waals surface area contributed by atoms with E-state index in [9.17, 15) is 9.32 Å². The number of hydrogen-bond acceptors (Lipinski definition) is 4. The van der Waals surface area contributed by atoms with Crippen molar-refractivity contribution in [1.29, 1.82) is 0 Å². The predicted octanol–water partition coefficient (Wildman–Crippen LogP) is 1.43. The van der Waals surface area contributed by atoms with Gasteiger partial charge in [-0.05, 0) is 25.5 Å². The van der Waals surface area contributed by atoms with E-state index in [2.05, 4.69) is 15.2 Å². The van der Waals surface area contributed by atoms with Crippen LogP contribution in [0.15, 0.2) is 6.07 Å². The van der Waals surface area contributed by atoms with E-state index in [0.29, 0.717) is 17.2 Å². The van der Waals surface area contributed by atoms with Crippen molar-refractivity contribution in [3.63, 3.8) is 0 Å². The largest absolute Gasteiger partial charge is 0.381 e. The molecule has 0 radical (unpaired) electrons. The number of hydrogen-bond donors (Lipinski definition) is 1. The highest BCUT2D eigenvalue weighted by Gasteiger charge is 2.23. The molecule has 1 aliphatic heterocycles. The molecular weight excluding hydrogens is 211 g/mol. The van der Waals surface area contributed by atoms with Gasteiger partial charge >= 0.3 is 5.97 Å². The van der Waals surface area contributed by atoms with Gasteiger partial charge in [0.05, 0.1) is 11.3 Å². The minimum Gasteiger partial charge on any atom is -0.315 e. The summed E-state index contributed by atoms with van der Waals surface area (Å²) in [4.78, 5) is 18.7. The summed E-state index contributed by atoms with van der Waals surface area (Å²) in [6.45, 7) is 5.25. The summed E-state index contributed by atoms with van der Waals surface area (Å²) >= 11 is 0. The van der Waals surface area contributed by atoms with Gasteiger partial charge in [0.15, 0.2) is 0 Å². The van der Waals surface area contributed by atoms with E-state index in [4.69, 9.17) is 0 Å². The topological polar surface area (TPSA) is 51.2 Å². The molecule has 1 aliphatic rings. The maximum absolute atomic E-state index is 11.9. The van der Waals surface area contributed by atoms with Crippen LogP contribution < -0.4 is 5.32 Å². The van der Waals surface area contributed by atoms with Gasteiger partial charge in [-0.1, -0.05) is 0 Å². The summed E-state index contributed by atoms with van der Waals surface area (Å²) in [5.74, 6) is -0.575. The molecule has 16 heavy (non-hydrogen) atoms. The third kappa shape index (κ3) is 1.78. The number of aromatic nitrogens is 1. The molecule has 0 saturated carbocycles. The van der Waals surface area contributed by atoms with Crippen LogP contribution in [-0.2, 0) is 4.94 Å². The Morgan fingerprint density at radius 2 is 2.25 bits per heavy atom. The first kappa shape index (κ1) is 11.0. The SMILES string of the molecule is Cc1cc(C2CNC2)nc(C)c1C(=O)OF. The monoisotopic (exact) mass is 224 g/mol. The van der Waals surface area contributed by atoms with Crippen LogP contribution in [0, 0.1) is 13.8 Å². The van der Waals surface area contributed by atoms with Gasteiger partial charge in [-0.15, -0.1) is 0 Å². The fourth-order valence-corrected chi connectivity index (χ4v) is 1.92. The predicted molar refractivity (Wildman–Crippen MR) is 55.8 cm³/mol. The standard InChI is InChI=1S/C11H13FN2O2/c1-6-3-9(8-4-13-5-8)14-7(2)10(6)11(15)16-12/h3,8,13H,4-5H2,1-2H3. The van der Waals surface area contributed by atoms with E-state index in [0.717, 1.165) is 18.8 Å². The Labute approximate surface area is 92.7 Å². The molecule has 2 heterocycles. The summed E-state index contributed by atoms with van der Waals surface area (Å²) in [7, 11) is 0. The lowest BCUT2D eigenvalue weighted by atomic mass is 9.95. The average Bonchev–Trinajstić information content (AvgIpc) is 2.13. The zero-order valence-corrected chi connectivity index (χ0v) is 9.21. The molecule has 0 aromatic carbocycles. The summed E-state index contributed by atoms with van der Waals surface area (Å²) in [6.07, 6.45) is 0. The Bertz CT molecular complexity index is 407. The molecule has 0 spiro atoms. The molecule has 1 saturated heterocycles. The Kier molecular flexibility index (Phi) is 2.87. The fourth-order valence-electron chi connectivity index (χ4n) is 1.92. The van der Waals surface area contributed by atoms with Crippen molar-refractivity contribution in [3.05, 3.63) is 28.6 Å². The van der Waals surface area contributed by atoms with Crippen molar-refractivity contribution in [2.75, 3.05) is 13.1 Å². The van der Waals surface area contributed by atoms with E-state index in [-0.39, 0.29) is 5.56 Å². The fraction of sp³-hybridized carbons (Fsp3) is 0.455. The Morgan fingerprint density at radius 1 is 1.56 bits per heavy atom. The third-order valence-corrected chi connectivity index (χ3v) is 2.89. The number of aryl methyl sites for hydroxylation is 2. The zero-order valence-electron chi connectivity index (χ0n) is 9.21. The molecule has 1 N–H and O–H groups in total. The van der Waals surface area contributed by atoms with Crippen molar-refractivity contribution in [3.8, 4) is 0 Å². The molecule has 0 atom stereocenters. The van der Waals surface area contributed by atoms with Crippen LogP contribution in [0.4, 0.5) is 4.53 Å². The number of pyridine rings is 1. The van der Waals surface area contributed by atoms with Gasteiger partial charge < -0.3 is 5.32 Å². The Hall–Kier alpha value is -1.49. The molecule has 4 nitrogen and oxygen atoms in total. The van der Waals surface area contributed by atoms with Gasteiger partial charge in [0.1, 0.15) is 0 Å². The summed E-state index contributed by atoms with van der Waals surface area (Å²) < 4.78 is 11.9. The van der Waals surface area contributed by atoms with E-state index < -0.39 is 5.97 Å². The number of nitrogens with zero attached hydrogens (tertiary/aromatic N) is 1. The first-order valence-corrected chi connectivity index (χ1v) is 5.15. The van der Waals surface area contributed by atoms with Gasteiger partial charge in [0, 0.05) is 29.2 Å². The van der Waals surface area contributed by atoms with Gasteiger partial charge in [-0.3, -0.25) is 4.98 Å². The minimum absolute atomic E-state index is 0.221. The van der Waals surface area contributed by atoms with Crippen molar-refractivity contribution >= 4 is 5.97 Å². The second kappa shape index (κ2) is 4.17. The second-order valence-electron chi connectivity index (χ2n) is 4.04. The number of carbonyl (C=O) groups is 1. The molecule has 0 bridgehead atoms. The highest BCUT2D eigenvalue weighted by molar-refractivity contribution is 5.91. The van der Waals surface area contributed by atoms with Crippen LogP contribution >= 0.6 is 0 Å². The lowest BCUT2D eigenvalue weighted by Crippen LogP contribution is -2.40. The van der Waals surface area contributed by atoms with Crippen LogP contribution in [0.2, 0.25) is 0 Å². The zero-order chi connectivity index (χ0) is 11.7. The smallest absolute Gasteiger partial charge is 0.315 e. The molecule has 0 amide bonds. The van der Waals surface area contributed by atoms with Crippen molar-refractivity contribution in [2.24, 2.45) is 0 Å². The van der Waals surface area contributed by atoms with Crippen LogP contribution in [0.5, 0.6) is 0 Å². The van der Waals surface area contributed by atoms with Gasteiger partial charge in [-0.25, -0.2) is 9.74 Å². The van der Waals surface area contributed by atoms with E-state index in [1.165, 1.54) is 0 Å². The molecule has 0 unspecified atom stereocenters. The normalized spacial score (nSPS) is 15.7. The highest BCUT2D eigenvalue weighted by atomic mass is 19.3. The minimum atomic E-state index is -0.971. The summed E-state index contributed by atoms with van der Waals surface area (Å²) in [6, 6.07) is 1.82. The molecule has 1 aromatic rings. The first-order chi connectivity index (χ1) is 7.63. The maximum atomic E-state index is 11.9. The van der Waals surface area contributed by atoms with E-state index in [1.54, 1.807) is 13.8 Å². The van der Waals surface area contributed by atoms with Gasteiger partial charge in [0.2, 0.25) is 0 Å². The van der Waals surface area contributed by atoms with Gasteiger partial charge in [-0.2, -0.15) is 0 Å². The highest BCUT2D eigenvalue weighted by Crippen LogP contribution is 2.22. The molecule has 1 fully saturated rings. The molecule has 2 rings (SSSR count).